The molecule has 1 amide bonds. The maximum Gasteiger partial charge on any atom is 0.254 e. The van der Waals surface area contributed by atoms with Gasteiger partial charge in [-0.25, -0.2) is 4.39 Å². The molecule has 0 aliphatic carbocycles. The summed E-state index contributed by atoms with van der Waals surface area (Å²) < 4.78 is 13.4. The second-order valence-electron chi connectivity index (χ2n) is 4.49. The zero-order chi connectivity index (χ0) is 12.3. The van der Waals surface area contributed by atoms with Crippen LogP contribution in [0.3, 0.4) is 0 Å². The molecular weight excluding hydrogens is 219 g/mol. The zero-order valence-electron chi connectivity index (χ0n) is 9.92. The minimum absolute atomic E-state index is 0.128. The van der Waals surface area contributed by atoms with Crippen LogP contribution in [0.25, 0.3) is 0 Å². The van der Waals surface area contributed by atoms with Crippen molar-refractivity contribution in [2.45, 2.75) is 25.8 Å². The summed E-state index contributed by atoms with van der Waals surface area (Å²) in [4.78, 5) is 11.8. The van der Waals surface area contributed by atoms with E-state index in [1.54, 1.807) is 12.1 Å². The lowest BCUT2D eigenvalue weighted by molar-refractivity contribution is 0.0946. The van der Waals surface area contributed by atoms with Crippen LogP contribution >= 0.6 is 0 Å². The molecule has 1 saturated heterocycles. The number of benzene rings is 1. The molecule has 17 heavy (non-hydrogen) atoms. The summed E-state index contributed by atoms with van der Waals surface area (Å²) in [5.74, 6) is -0.799. The lowest BCUT2D eigenvalue weighted by Crippen LogP contribution is -2.37. The molecule has 4 heteroatoms. The second kappa shape index (κ2) is 5.27. The van der Waals surface area contributed by atoms with Gasteiger partial charge in [0, 0.05) is 12.6 Å². The first kappa shape index (κ1) is 12.0. The van der Waals surface area contributed by atoms with Crippen molar-refractivity contribution in [1.29, 1.82) is 0 Å². The van der Waals surface area contributed by atoms with Crippen molar-refractivity contribution in [3.05, 3.63) is 35.1 Å². The van der Waals surface area contributed by atoms with Crippen molar-refractivity contribution in [3.63, 3.8) is 0 Å². The number of hydrogen-bond donors (Lipinski definition) is 2. The third-order valence-electron chi connectivity index (χ3n) is 3.04. The largest absolute Gasteiger partial charge is 0.350 e. The molecule has 1 aromatic carbocycles. The molecule has 0 radical (unpaired) electrons. The van der Waals surface area contributed by atoms with E-state index in [4.69, 9.17) is 0 Å². The van der Waals surface area contributed by atoms with Crippen molar-refractivity contribution < 1.29 is 9.18 Å². The molecular formula is C13H17FN2O. The molecule has 1 aliphatic heterocycles. The van der Waals surface area contributed by atoms with E-state index in [9.17, 15) is 9.18 Å². The highest BCUT2D eigenvalue weighted by atomic mass is 19.1. The summed E-state index contributed by atoms with van der Waals surface area (Å²) in [7, 11) is 0. The first-order chi connectivity index (χ1) is 8.16. The summed E-state index contributed by atoms with van der Waals surface area (Å²) in [6.45, 7) is 3.40. The van der Waals surface area contributed by atoms with E-state index in [1.807, 2.05) is 6.92 Å². The molecule has 92 valence electrons. The molecule has 2 N–H and O–H groups in total. The molecule has 3 nitrogen and oxygen atoms in total. The lowest BCUT2D eigenvalue weighted by Gasteiger charge is -2.12. The highest BCUT2D eigenvalue weighted by Crippen LogP contribution is 2.10. The highest BCUT2D eigenvalue weighted by Gasteiger charge is 2.16. The van der Waals surface area contributed by atoms with Crippen LogP contribution in [0.1, 0.15) is 28.8 Å². The van der Waals surface area contributed by atoms with E-state index in [1.165, 1.54) is 6.07 Å². The molecule has 1 atom stereocenters. The van der Waals surface area contributed by atoms with Crippen LogP contribution in [0, 0.1) is 12.7 Å². The third kappa shape index (κ3) is 3.03. The Morgan fingerprint density at radius 2 is 2.41 bits per heavy atom. The van der Waals surface area contributed by atoms with Crippen LogP contribution < -0.4 is 10.6 Å². The zero-order valence-corrected chi connectivity index (χ0v) is 9.92. The van der Waals surface area contributed by atoms with Gasteiger partial charge in [0.05, 0.1) is 5.56 Å². The summed E-state index contributed by atoms with van der Waals surface area (Å²) in [6.07, 6.45) is 2.20. The maximum absolute atomic E-state index is 13.4. The van der Waals surface area contributed by atoms with Crippen molar-refractivity contribution in [2.24, 2.45) is 0 Å². The SMILES string of the molecule is Cc1ccc(F)c(C(=O)NCC2CCCN2)c1. The summed E-state index contributed by atoms with van der Waals surface area (Å²) in [6, 6.07) is 4.89. The smallest absolute Gasteiger partial charge is 0.254 e. The van der Waals surface area contributed by atoms with Crippen LogP contribution in [0.4, 0.5) is 4.39 Å². The monoisotopic (exact) mass is 236 g/mol. The number of rotatable bonds is 3. The fourth-order valence-electron chi connectivity index (χ4n) is 2.06. The van der Waals surface area contributed by atoms with E-state index in [0.717, 1.165) is 24.9 Å². The number of carbonyl (C=O) groups excluding carboxylic acids is 1. The number of halogens is 1. The Morgan fingerprint density at radius 3 is 3.12 bits per heavy atom. The number of nitrogens with one attached hydrogen (secondary N) is 2. The first-order valence-electron chi connectivity index (χ1n) is 5.94. The normalized spacial score (nSPS) is 19.3. The number of aryl methyl sites for hydroxylation is 1. The van der Waals surface area contributed by atoms with Crippen molar-refractivity contribution >= 4 is 5.91 Å². The van der Waals surface area contributed by atoms with Crippen molar-refractivity contribution in [2.75, 3.05) is 13.1 Å². The number of carbonyl (C=O) groups is 1. The molecule has 2 rings (SSSR count). The maximum atomic E-state index is 13.4. The Hall–Kier alpha value is -1.42. The minimum atomic E-state index is -0.465. The highest BCUT2D eigenvalue weighted by molar-refractivity contribution is 5.94. The van der Waals surface area contributed by atoms with Gasteiger partial charge in [0.2, 0.25) is 0 Å². The predicted octanol–water partition coefficient (Wildman–Crippen LogP) is 1.62. The standard InChI is InChI=1S/C13H17FN2O/c1-9-4-5-12(14)11(7-9)13(17)16-8-10-3-2-6-15-10/h4-5,7,10,15H,2-3,6,8H2,1H3,(H,16,17). The Labute approximate surface area is 100 Å². The van der Waals surface area contributed by atoms with Crippen LogP contribution in [-0.4, -0.2) is 25.0 Å². The molecule has 1 unspecified atom stereocenters. The third-order valence-corrected chi connectivity index (χ3v) is 3.04. The molecule has 0 aromatic heterocycles. The Morgan fingerprint density at radius 1 is 1.59 bits per heavy atom. The topological polar surface area (TPSA) is 41.1 Å². The average Bonchev–Trinajstić information content (AvgIpc) is 2.82. The molecule has 1 fully saturated rings. The van der Waals surface area contributed by atoms with Gasteiger partial charge in [0.15, 0.2) is 0 Å². The van der Waals surface area contributed by atoms with Gasteiger partial charge in [0.25, 0.3) is 5.91 Å². The molecule has 0 bridgehead atoms. The summed E-state index contributed by atoms with van der Waals surface area (Å²) in [5, 5.41) is 6.05. The lowest BCUT2D eigenvalue weighted by atomic mass is 10.1. The van der Waals surface area contributed by atoms with Gasteiger partial charge in [-0.2, -0.15) is 0 Å². The van der Waals surface area contributed by atoms with Crippen LogP contribution in [-0.2, 0) is 0 Å². The minimum Gasteiger partial charge on any atom is -0.350 e. The number of amides is 1. The van der Waals surface area contributed by atoms with Gasteiger partial charge < -0.3 is 10.6 Å². The Kier molecular flexibility index (Phi) is 3.74. The molecule has 0 spiro atoms. The van der Waals surface area contributed by atoms with Gasteiger partial charge in [-0.05, 0) is 38.4 Å². The van der Waals surface area contributed by atoms with Gasteiger partial charge in [0.1, 0.15) is 5.82 Å². The fraction of sp³-hybridized carbons (Fsp3) is 0.462. The Bertz CT molecular complexity index is 414. The second-order valence-corrected chi connectivity index (χ2v) is 4.49. The molecule has 0 saturated carbocycles. The summed E-state index contributed by atoms with van der Waals surface area (Å²) >= 11 is 0. The van der Waals surface area contributed by atoms with Gasteiger partial charge in [-0.15, -0.1) is 0 Å². The van der Waals surface area contributed by atoms with Gasteiger partial charge >= 0.3 is 0 Å². The van der Waals surface area contributed by atoms with Crippen molar-refractivity contribution in [3.8, 4) is 0 Å². The van der Waals surface area contributed by atoms with E-state index >= 15 is 0 Å². The van der Waals surface area contributed by atoms with Crippen LogP contribution in [0.5, 0.6) is 0 Å². The number of hydrogen-bond acceptors (Lipinski definition) is 2. The van der Waals surface area contributed by atoms with Crippen LogP contribution in [0.2, 0.25) is 0 Å². The molecule has 1 aliphatic rings. The average molecular weight is 236 g/mol. The Balaban J connectivity index is 1.96. The van der Waals surface area contributed by atoms with Gasteiger partial charge in [-0.3, -0.25) is 4.79 Å². The van der Waals surface area contributed by atoms with E-state index in [2.05, 4.69) is 10.6 Å². The fourth-order valence-corrected chi connectivity index (χ4v) is 2.06. The molecule has 1 heterocycles. The first-order valence-corrected chi connectivity index (χ1v) is 5.94. The van der Waals surface area contributed by atoms with E-state index in [-0.39, 0.29) is 11.5 Å². The van der Waals surface area contributed by atoms with Crippen LogP contribution in [0.15, 0.2) is 18.2 Å². The van der Waals surface area contributed by atoms with E-state index in [0.29, 0.717) is 12.6 Å². The molecule has 1 aromatic rings. The predicted molar refractivity (Wildman–Crippen MR) is 64.5 cm³/mol. The summed E-state index contributed by atoms with van der Waals surface area (Å²) in [5.41, 5.74) is 1.01. The van der Waals surface area contributed by atoms with E-state index < -0.39 is 5.82 Å². The van der Waals surface area contributed by atoms with Gasteiger partial charge in [-0.1, -0.05) is 11.6 Å². The van der Waals surface area contributed by atoms with Crippen molar-refractivity contribution in [1.82, 2.24) is 10.6 Å². The quantitative estimate of drug-likeness (QED) is 0.837.